The summed E-state index contributed by atoms with van der Waals surface area (Å²) in [4.78, 5) is 12.9. The fourth-order valence-electron chi connectivity index (χ4n) is 2.93. The summed E-state index contributed by atoms with van der Waals surface area (Å²) in [5.41, 5.74) is -1.05. The zero-order valence-corrected chi connectivity index (χ0v) is 18.7. The van der Waals surface area contributed by atoms with Crippen LogP contribution in [-0.4, -0.2) is 28.6 Å². The van der Waals surface area contributed by atoms with Crippen molar-refractivity contribution in [3.63, 3.8) is 0 Å². The maximum Gasteiger partial charge on any atom is 0.416 e. The molecule has 0 amide bonds. The van der Waals surface area contributed by atoms with E-state index in [2.05, 4.69) is 9.46 Å². The molecule has 0 saturated heterocycles. The third-order valence-corrected chi connectivity index (χ3v) is 6.89. The van der Waals surface area contributed by atoms with E-state index in [9.17, 15) is 26.4 Å². The highest BCUT2D eigenvalue weighted by atomic mass is 32.2. The third kappa shape index (κ3) is 4.89. The maximum absolute atomic E-state index is 13.3. The van der Waals surface area contributed by atoms with Gasteiger partial charge in [0.2, 0.25) is 0 Å². The average Bonchev–Trinajstić information content (AvgIpc) is 3.17. The Bertz CT molecular complexity index is 1270. The van der Waals surface area contributed by atoms with Crippen molar-refractivity contribution in [2.75, 3.05) is 18.9 Å². The Hall–Kier alpha value is -3.05. The summed E-state index contributed by atoms with van der Waals surface area (Å²) < 4.78 is 78.2. The zero-order chi connectivity index (χ0) is 23.7. The van der Waals surface area contributed by atoms with Gasteiger partial charge in [-0.3, -0.25) is 4.72 Å². The van der Waals surface area contributed by atoms with Gasteiger partial charge in [-0.2, -0.15) is 13.2 Å². The molecular formula is C21H18F3NO5S2. The number of aryl methyl sites for hydroxylation is 1. The summed E-state index contributed by atoms with van der Waals surface area (Å²) >= 11 is 1.31. The predicted octanol–water partition coefficient (Wildman–Crippen LogP) is 5.34. The second-order valence-corrected chi connectivity index (χ2v) is 9.57. The van der Waals surface area contributed by atoms with E-state index in [1.54, 1.807) is 12.1 Å². The molecule has 0 aliphatic carbocycles. The SMILES string of the molecule is COC(=O)c1ccc(OC)c(S(=O)(=O)Nc2cc(C(F)(F)F)ccc2-c2ccc(C)s2)c1. The molecular weight excluding hydrogens is 467 g/mol. The standard InChI is InChI=1S/C21H18F3NO5S2/c1-12-4-9-18(31-12)15-7-6-14(21(22,23)24)11-16(15)25-32(27,28)19-10-13(20(26)30-3)5-8-17(19)29-2/h4-11,25H,1-3H3. The number of anilines is 1. The highest BCUT2D eigenvalue weighted by Gasteiger charge is 2.32. The average molecular weight is 486 g/mol. The van der Waals surface area contributed by atoms with Gasteiger partial charge in [0, 0.05) is 15.3 Å². The summed E-state index contributed by atoms with van der Waals surface area (Å²) in [7, 11) is -2.08. The molecule has 0 radical (unpaired) electrons. The number of ether oxygens (including phenoxy) is 2. The largest absolute Gasteiger partial charge is 0.495 e. The molecule has 32 heavy (non-hydrogen) atoms. The Kier molecular flexibility index (Phi) is 6.51. The smallest absolute Gasteiger partial charge is 0.416 e. The first-order valence-corrected chi connectivity index (χ1v) is 11.3. The Morgan fingerprint density at radius 3 is 2.31 bits per heavy atom. The van der Waals surface area contributed by atoms with E-state index in [0.29, 0.717) is 4.88 Å². The number of nitrogens with one attached hydrogen (secondary N) is 1. The van der Waals surface area contributed by atoms with Gasteiger partial charge in [0.1, 0.15) is 10.6 Å². The van der Waals surface area contributed by atoms with Crippen LogP contribution in [-0.2, 0) is 20.9 Å². The molecule has 1 heterocycles. The number of carbonyl (C=O) groups is 1. The lowest BCUT2D eigenvalue weighted by atomic mass is 10.1. The minimum Gasteiger partial charge on any atom is -0.495 e. The van der Waals surface area contributed by atoms with Gasteiger partial charge in [-0.15, -0.1) is 11.3 Å². The second kappa shape index (κ2) is 8.83. The lowest BCUT2D eigenvalue weighted by Gasteiger charge is -2.16. The van der Waals surface area contributed by atoms with Crippen molar-refractivity contribution >= 4 is 33.0 Å². The number of rotatable bonds is 6. The lowest BCUT2D eigenvalue weighted by Crippen LogP contribution is -2.16. The molecule has 2 aromatic carbocycles. The molecule has 0 spiro atoms. The van der Waals surface area contributed by atoms with Gasteiger partial charge in [-0.1, -0.05) is 6.07 Å². The van der Waals surface area contributed by atoms with E-state index >= 15 is 0 Å². The molecule has 0 bridgehead atoms. The van der Waals surface area contributed by atoms with Crippen LogP contribution in [0, 0.1) is 6.92 Å². The summed E-state index contributed by atoms with van der Waals surface area (Å²) in [5, 5.41) is 0. The number of carbonyl (C=O) groups excluding carboxylic acids is 1. The van der Waals surface area contributed by atoms with Gasteiger partial charge in [-0.25, -0.2) is 13.2 Å². The zero-order valence-electron chi connectivity index (χ0n) is 17.1. The fraction of sp³-hybridized carbons (Fsp3) is 0.190. The van der Waals surface area contributed by atoms with Crippen molar-refractivity contribution in [1.82, 2.24) is 0 Å². The van der Waals surface area contributed by atoms with Crippen LogP contribution in [0.25, 0.3) is 10.4 Å². The van der Waals surface area contributed by atoms with E-state index in [0.717, 1.165) is 30.2 Å². The molecule has 0 aliphatic rings. The molecule has 3 aromatic rings. The molecule has 0 aliphatic heterocycles. The Labute approximate surface area is 186 Å². The molecule has 170 valence electrons. The Morgan fingerprint density at radius 2 is 1.75 bits per heavy atom. The number of thiophene rings is 1. The number of halogens is 3. The predicted molar refractivity (Wildman–Crippen MR) is 115 cm³/mol. The fourth-order valence-corrected chi connectivity index (χ4v) is 5.10. The first-order chi connectivity index (χ1) is 15.0. The van der Waals surface area contributed by atoms with Crippen molar-refractivity contribution in [2.45, 2.75) is 18.0 Å². The van der Waals surface area contributed by atoms with Crippen LogP contribution in [0.2, 0.25) is 0 Å². The number of alkyl halides is 3. The van der Waals surface area contributed by atoms with Crippen LogP contribution in [0.3, 0.4) is 0 Å². The number of esters is 1. The first kappa shape index (κ1) is 23.6. The highest BCUT2D eigenvalue weighted by Crippen LogP contribution is 2.39. The molecule has 0 fully saturated rings. The summed E-state index contributed by atoms with van der Waals surface area (Å²) in [6.07, 6.45) is -4.67. The van der Waals surface area contributed by atoms with Gasteiger partial charge in [0.25, 0.3) is 10.0 Å². The van der Waals surface area contributed by atoms with Crippen LogP contribution in [0.5, 0.6) is 5.75 Å². The second-order valence-electron chi connectivity index (χ2n) is 6.63. The third-order valence-electron chi connectivity index (χ3n) is 4.47. The van der Waals surface area contributed by atoms with Gasteiger partial charge >= 0.3 is 12.1 Å². The Morgan fingerprint density at radius 1 is 1.03 bits per heavy atom. The normalized spacial score (nSPS) is 11.8. The van der Waals surface area contributed by atoms with E-state index in [-0.39, 0.29) is 22.6 Å². The number of hydrogen-bond acceptors (Lipinski definition) is 6. The maximum atomic E-state index is 13.3. The van der Waals surface area contributed by atoms with E-state index < -0.39 is 32.6 Å². The summed E-state index contributed by atoms with van der Waals surface area (Å²) in [6, 6.07) is 9.92. The van der Waals surface area contributed by atoms with Crippen molar-refractivity contribution < 1.29 is 35.9 Å². The lowest BCUT2D eigenvalue weighted by molar-refractivity contribution is -0.137. The van der Waals surface area contributed by atoms with Gasteiger partial charge in [0.15, 0.2) is 0 Å². The highest BCUT2D eigenvalue weighted by molar-refractivity contribution is 7.92. The van der Waals surface area contributed by atoms with Crippen LogP contribution >= 0.6 is 11.3 Å². The monoisotopic (exact) mass is 485 g/mol. The van der Waals surface area contributed by atoms with Crippen LogP contribution < -0.4 is 9.46 Å². The van der Waals surface area contributed by atoms with Gasteiger partial charge in [0.05, 0.1) is 31.0 Å². The summed E-state index contributed by atoms with van der Waals surface area (Å²) in [5.74, 6) is -0.872. The van der Waals surface area contributed by atoms with E-state index in [4.69, 9.17) is 4.74 Å². The van der Waals surface area contributed by atoms with Gasteiger partial charge < -0.3 is 9.47 Å². The quantitative estimate of drug-likeness (QED) is 0.477. The minimum absolute atomic E-state index is 0.0631. The molecule has 11 heteroatoms. The van der Waals surface area contributed by atoms with Crippen LogP contribution in [0.1, 0.15) is 20.8 Å². The van der Waals surface area contributed by atoms with Crippen molar-refractivity contribution in [3.8, 4) is 16.2 Å². The molecule has 0 unspecified atom stereocenters. The van der Waals surface area contributed by atoms with Crippen molar-refractivity contribution in [2.24, 2.45) is 0 Å². The van der Waals surface area contributed by atoms with E-state index in [1.165, 1.54) is 36.6 Å². The molecule has 3 rings (SSSR count). The minimum atomic E-state index is -4.67. The summed E-state index contributed by atoms with van der Waals surface area (Å²) in [6.45, 7) is 1.82. The topological polar surface area (TPSA) is 81.7 Å². The van der Waals surface area contributed by atoms with Gasteiger partial charge in [-0.05, 0) is 49.4 Å². The van der Waals surface area contributed by atoms with Crippen molar-refractivity contribution in [3.05, 3.63) is 64.5 Å². The number of hydrogen-bond donors (Lipinski definition) is 1. The first-order valence-electron chi connectivity index (χ1n) is 9.03. The molecule has 6 nitrogen and oxygen atoms in total. The number of methoxy groups -OCH3 is 2. The van der Waals surface area contributed by atoms with E-state index in [1.807, 2.05) is 6.92 Å². The number of benzene rings is 2. The molecule has 0 atom stereocenters. The van der Waals surface area contributed by atoms with Crippen LogP contribution in [0.15, 0.2) is 53.4 Å². The molecule has 1 N–H and O–H groups in total. The number of sulfonamides is 1. The van der Waals surface area contributed by atoms with Crippen LogP contribution in [0.4, 0.5) is 18.9 Å². The Balaban J connectivity index is 2.15. The molecule has 1 aromatic heterocycles. The van der Waals surface area contributed by atoms with Crippen molar-refractivity contribution in [1.29, 1.82) is 0 Å². The molecule has 0 saturated carbocycles.